The molecule has 0 saturated carbocycles. The highest BCUT2D eigenvalue weighted by atomic mass is 32.1. The van der Waals surface area contributed by atoms with Crippen LogP contribution in [0.5, 0.6) is 0 Å². The summed E-state index contributed by atoms with van der Waals surface area (Å²) in [6.07, 6.45) is 0. The summed E-state index contributed by atoms with van der Waals surface area (Å²) in [5.74, 6) is 0. The van der Waals surface area contributed by atoms with Crippen LogP contribution in [0.1, 0.15) is 11.3 Å². The number of aromatic nitrogens is 1. The van der Waals surface area contributed by atoms with Gasteiger partial charge in [-0.25, -0.2) is 0 Å². The van der Waals surface area contributed by atoms with E-state index in [9.17, 15) is 0 Å². The molecule has 0 saturated heterocycles. The molecule has 0 aliphatic heterocycles. The predicted molar refractivity (Wildman–Crippen MR) is 49.1 cm³/mol. The Morgan fingerprint density at radius 1 is 1.50 bits per heavy atom. The van der Waals surface area contributed by atoms with Crippen LogP contribution in [0.3, 0.4) is 0 Å². The third kappa shape index (κ3) is 0.892. The van der Waals surface area contributed by atoms with Crippen molar-refractivity contribution in [2.75, 3.05) is 0 Å². The Balaban J connectivity index is 2.92. The van der Waals surface area contributed by atoms with E-state index in [1.165, 1.54) is 11.5 Å². The first-order valence-electron chi connectivity index (χ1n) is 3.58. The third-order valence-corrected chi connectivity index (χ3v) is 2.79. The van der Waals surface area contributed by atoms with E-state index in [1.54, 1.807) is 0 Å². The zero-order chi connectivity index (χ0) is 8.55. The molecule has 0 aliphatic rings. The van der Waals surface area contributed by atoms with Crippen LogP contribution < -0.4 is 0 Å². The van der Waals surface area contributed by atoms with Crippen molar-refractivity contribution < 1.29 is 0 Å². The Labute approximate surface area is 74.2 Å². The van der Waals surface area contributed by atoms with Crippen molar-refractivity contribution in [1.82, 2.24) is 4.37 Å². The molecule has 3 heteroatoms. The maximum atomic E-state index is 8.77. The van der Waals surface area contributed by atoms with Crippen LogP contribution in [-0.2, 0) is 0 Å². The largest absolute Gasteiger partial charge is 0.197 e. The summed E-state index contributed by atoms with van der Waals surface area (Å²) >= 11 is 1.39. The molecule has 0 radical (unpaired) electrons. The van der Waals surface area contributed by atoms with Crippen LogP contribution in [0, 0.1) is 18.3 Å². The molecule has 0 fully saturated rings. The quantitative estimate of drug-likeness (QED) is 0.615. The van der Waals surface area contributed by atoms with Gasteiger partial charge in [0.25, 0.3) is 0 Å². The zero-order valence-corrected chi connectivity index (χ0v) is 7.35. The average Bonchev–Trinajstić information content (AvgIpc) is 2.48. The van der Waals surface area contributed by atoms with Gasteiger partial charge in [0.2, 0.25) is 0 Å². The van der Waals surface area contributed by atoms with E-state index >= 15 is 0 Å². The van der Waals surface area contributed by atoms with E-state index in [-0.39, 0.29) is 0 Å². The molecule has 0 unspecified atom stereocenters. The third-order valence-electron chi connectivity index (χ3n) is 1.80. The van der Waals surface area contributed by atoms with E-state index in [0.717, 1.165) is 21.3 Å². The summed E-state index contributed by atoms with van der Waals surface area (Å²) in [4.78, 5) is 0. The normalized spacial score (nSPS) is 10.0. The monoisotopic (exact) mass is 174 g/mol. The summed E-state index contributed by atoms with van der Waals surface area (Å²) < 4.78 is 5.19. The maximum absolute atomic E-state index is 8.77. The molecular formula is C9H6N2S. The number of nitriles is 1. The molecule has 2 rings (SSSR count). The summed E-state index contributed by atoms with van der Waals surface area (Å²) in [7, 11) is 0. The van der Waals surface area contributed by atoms with E-state index in [0.29, 0.717) is 0 Å². The van der Waals surface area contributed by atoms with Crippen LogP contribution in [0.4, 0.5) is 0 Å². The first kappa shape index (κ1) is 7.26. The maximum Gasteiger partial charge on any atom is 0.101 e. The molecule has 12 heavy (non-hydrogen) atoms. The predicted octanol–water partition coefficient (Wildman–Crippen LogP) is 2.48. The van der Waals surface area contributed by atoms with Gasteiger partial charge in [-0.2, -0.15) is 9.64 Å². The molecule has 1 heterocycles. The first-order chi connectivity index (χ1) is 5.83. The molecule has 0 spiro atoms. The van der Waals surface area contributed by atoms with Gasteiger partial charge in [0.15, 0.2) is 0 Å². The molecule has 0 aliphatic carbocycles. The summed E-state index contributed by atoms with van der Waals surface area (Å²) in [5, 5.41) is 9.87. The lowest BCUT2D eigenvalue weighted by Gasteiger charge is -1.90. The lowest BCUT2D eigenvalue weighted by molar-refractivity contribution is 1.37. The molecular weight excluding hydrogens is 168 g/mol. The second-order valence-corrected chi connectivity index (χ2v) is 3.34. The molecule has 58 valence electrons. The molecule has 0 N–H and O–H groups in total. The number of aryl methyl sites for hydroxylation is 1. The molecule has 2 aromatic rings. The van der Waals surface area contributed by atoms with Crippen molar-refractivity contribution in [3.63, 3.8) is 0 Å². The van der Waals surface area contributed by atoms with Gasteiger partial charge in [-0.1, -0.05) is 12.1 Å². The number of hydrogen-bond donors (Lipinski definition) is 0. The number of benzene rings is 1. The Morgan fingerprint density at radius 2 is 2.33 bits per heavy atom. The Bertz CT molecular complexity index is 465. The number of hydrogen-bond acceptors (Lipinski definition) is 3. The van der Waals surface area contributed by atoms with Gasteiger partial charge in [0.05, 0.1) is 16.0 Å². The minimum atomic E-state index is 0.720. The fraction of sp³-hybridized carbons (Fsp3) is 0.111. The van der Waals surface area contributed by atoms with E-state index < -0.39 is 0 Å². The minimum Gasteiger partial charge on any atom is -0.197 e. The van der Waals surface area contributed by atoms with Crippen molar-refractivity contribution in [1.29, 1.82) is 5.26 Å². The summed E-state index contributed by atoms with van der Waals surface area (Å²) in [6, 6.07) is 7.86. The van der Waals surface area contributed by atoms with Gasteiger partial charge in [0.1, 0.15) is 6.07 Å². The van der Waals surface area contributed by atoms with Gasteiger partial charge in [-0.3, -0.25) is 0 Å². The van der Waals surface area contributed by atoms with Crippen LogP contribution in [-0.4, -0.2) is 4.37 Å². The SMILES string of the molecule is Cc1nsc2c(C#N)cccc12. The molecule has 0 amide bonds. The summed E-state index contributed by atoms with van der Waals surface area (Å²) in [5.41, 5.74) is 1.73. The second-order valence-electron chi connectivity index (χ2n) is 2.56. The second kappa shape index (κ2) is 2.58. The Kier molecular flexibility index (Phi) is 1.56. The van der Waals surface area contributed by atoms with Gasteiger partial charge in [-0.05, 0) is 24.5 Å². The lowest BCUT2D eigenvalue weighted by Crippen LogP contribution is -1.73. The minimum absolute atomic E-state index is 0.720. The van der Waals surface area contributed by atoms with Crippen LogP contribution in [0.25, 0.3) is 10.1 Å². The molecule has 1 aromatic heterocycles. The highest BCUT2D eigenvalue weighted by Gasteiger charge is 2.04. The average molecular weight is 174 g/mol. The number of nitrogens with zero attached hydrogens (tertiary/aromatic N) is 2. The van der Waals surface area contributed by atoms with Crippen molar-refractivity contribution in [3.8, 4) is 6.07 Å². The standard InChI is InChI=1S/C9H6N2S/c1-6-8-4-2-3-7(5-10)9(8)12-11-6/h2-4H,1H3. The van der Waals surface area contributed by atoms with E-state index in [4.69, 9.17) is 5.26 Å². The van der Waals surface area contributed by atoms with Gasteiger partial charge in [0, 0.05) is 5.39 Å². The Hall–Kier alpha value is -1.40. The first-order valence-corrected chi connectivity index (χ1v) is 4.35. The topological polar surface area (TPSA) is 36.7 Å². The fourth-order valence-corrected chi connectivity index (χ4v) is 2.02. The van der Waals surface area contributed by atoms with Crippen molar-refractivity contribution >= 4 is 21.6 Å². The van der Waals surface area contributed by atoms with Gasteiger partial charge < -0.3 is 0 Å². The van der Waals surface area contributed by atoms with Crippen LogP contribution in [0.15, 0.2) is 18.2 Å². The molecule has 1 aromatic carbocycles. The highest BCUT2D eigenvalue weighted by Crippen LogP contribution is 2.24. The van der Waals surface area contributed by atoms with Crippen LogP contribution in [0.2, 0.25) is 0 Å². The number of fused-ring (bicyclic) bond motifs is 1. The lowest BCUT2D eigenvalue weighted by atomic mass is 10.1. The highest BCUT2D eigenvalue weighted by molar-refractivity contribution is 7.13. The zero-order valence-electron chi connectivity index (χ0n) is 6.53. The van der Waals surface area contributed by atoms with E-state index in [2.05, 4.69) is 10.4 Å². The summed E-state index contributed by atoms with van der Waals surface area (Å²) in [6.45, 7) is 1.96. The van der Waals surface area contributed by atoms with E-state index in [1.807, 2.05) is 25.1 Å². The fourth-order valence-electron chi connectivity index (χ4n) is 1.17. The van der Waals surface area contributed by atoms with Crippen molar-refractivity contribution in [3.05, 3.63) is 29.5 Å². The molecule has 0 bridgehead atoms. The van der Waals surface area contributed by atoms with Gasteiger partial charge in [-0.15, -0.1) is 0 Å². The number of rotatable bonds is 0. The van der Waals surface area contributed by atoms with Crippen molar-refractivity contribution in [2.24, 2.45) is 0 Å². The smallest absolute Gasteiger partial charge is 0.101 e. The van der Waals surface area contributed by atoms with Crippen LogP contribution >= 0.6 is 11.5 Å². The van der Waals surface area contributed by atoms with Gasteiger partial charge >= 0.3 is 0 Å². The molecule has 2 nitrogen and oxygen atoms in total. The molecule has 0 atom stereocenters. The Morgan fingerprint density at radius 3 is 3.08 bits per heavy atom. The van der Waals surface area contributed by atoms with Crippen molar-refractivity contribution in [2.45, 2.75) is 6.92 Å².